The SMILES string of the molecule is C[C@@H]1CO[P@](=O)([C@H](NS(=O)(=O)c2ccccc2)C(Cl)(Cl)Cl)O1. The van der Waals surface area contributed by atoms with Gasteiger partial charge in [-0.25, -0.2) is 8.42 Å². The Labute approximate surface area is 143 Å². The molecule has 1 fully saturated rings. The molecule has 1 aromatic carbocycles. The van der Waals surface area contributed by atoms with Gasteiger partial charge in [0.1, 0.15) is 0 Å². The number of halogens is 3. The molecule has 0 unspecified atom stereocenters. The summed E-state index contributed by atoms with van der Waals surface area (Å²) in [7, 11) is -8.03. The molecule has 1 N–H and O–H groups in total. The van der Waals surface area contributed by atoms with Gasteiger partial charge in [-0.2, -0.15) is 4.72 Å². The number of benzene rings is 1. The van der Waals surface area contributed by atoms with Crippen molar-refractivity contribution in [3.8, 4) is 0 Å². The molecule has 22 heavy (non-hydrogen) atoms. The first-order valence-corrected chi connectivity index (χ1v) is 10.3. The molecule has 1 aliphatic rings. The van der Waals surface area contributed by atoms with Gasteiger partial charge < -0.3 is 9.05 Å². The first-order chi connectivity index (χ1) is 10.0. The Bertz CT molecular complexity index is 679. The van der Waals surface area contributed by atoms with Crippen LogP contribution in [-0.4, -0.2) is 30.7 Å². The second kappa shape index (κ2) is 6.57. The molecule has 0 saturated carbocycles. The van der Waals surface area contributed by atoms with Crippen LogP contribution >= 0.6 is 42.4 Å². The molecule has 3 atom stereocenters. The number of hydrogen-bond acceptors (Lipinski definition) is 5. The van der Waals surface area contributed by atoms with Gasteiger partial charge >= 0.3 is 7.60 Å². The summed E-state index contributed by atoms with van der Waals surface area (Å²) in [5.41, 5.74) is 0. The van der Waals surface area contributed by atoms with Crippen molar-refractivity contribution in [3.63, 3.8) is 0 Å². The van der Waals surface area contributed by atoms with Crippen molar-refractivity contribution in [2.24, 2.45) is 0 Å². The van der Waals surface area contributed by atoms with E-state index in [9.17, 15) is 13.0 Å². The summed E-state index contributed by atoms with van der Waals surface area (Å²) >= 11 is 17.3. The number of sulfonamides is 1. The summed E-state index contributed by atoms with van der Waals surface area (Å²) < 4.78 is 47.5. The van der Waals surface area contributed by atoms with Crippen molar-refractivity contribution in [1.82, 2.24) is 4.72 Å². The van der Waals surface area contributed by atoms with E-state index in [1.807, 2.05) is 0 Å². The number of rotatable bonds is 4. The van der Waals surface area contributed by atoms with E-state index in [0.29, 0.717) is 0 Å². The Morgan fingerprint density at radius 3 is 2.36 bits per heavy atom. The van der Waals surface area contributed by atoms with Gasteiger partial charge in [0.25, 0.3) is 0 Å². The van der Waals surface area contributed by atoms with Crippen molar-refractivity contribution in [3.05, 3.63) is 30.3 Å². The summed E-state index contributed by atoms with van der Waals surface area (Å²) in [5, 5.41) is 0. The normalized spacial score (nSPS) is 27.7. The van der Waals surface area contributed by atoms with E-state index in [4.69, 9.17) is 43.9 Å². The molecule has 0 bridgehead atoms. The first kappa shape index (κ1) is 18.5. The van der Waals surface area contributed by atoms with Crippen LogP contribution in [0.5, 0.6) is 0 Å². The zero-order valence-electron chi connectivity index (χ0n) is 11.3. The third-order valence-corrected chi connectivity index (χ3v) is 7.80. The van der Waals surface area contributed by atoms with Crippen molar-refractivity contribution in [2.45, 2.75) is 27.5 Å². The van der Waals surface area contributed by atoms with E-state index in [0.717, 1.165) is 0 Å². The molecule has 1 heterocycles. The smallest absolute Gasteiger partial charge is 0.305 e. The standard InChI is InChI=1S/C11H13Cl3NO5PS/c1-8-7-19-21(16,20-8)10(11(12,13)14)15-22(17,18)9-5-3-2-4-6-9/h2-6,8,10,15H,7H2,1H3/t8-,10+,21-/m1/s1. The highest BCUT2D eigenvalue weighted by atomic mass is 35.6. The zero-order chi connectivity index (χ0) is 16.6. The van der Waals surface area contributed by atoms with E-state index in [-0.39, 0.29) is 11.5 Å². The summed E-state index contributed by atoms with van der Waals surface area (Å²) in [6.45, 7) is 1.63. The van der Waals surface area contributed by atoms with Crippen molar-refractivity contribution >= 4 is 52.4 Å². The second-order valence-electron chi connectivity index (χ2n) is 4.63. The minimum absolute atomic E-state index is 0.0155. The molecule has 0 amide bonds. The summed E-state index contributed by atoms with van der Waals surface area (Å²) in [4.78, 5) is -0.0619. The van der Waals surface area contributed by atoms with Crippen LogP contribution in [0, 0.1) is 0 Å². The van der Waals surface area contributed by atoms with Gasteiger partial charge in [0.2, 0.25) is 13.8 Å². The second-order valence-corrected chi connectivity index (χ2v) is 10.8. The molecular formula is C11H13Cl3NO5PS. The first-order valence-electron chi connectivity index (χ1n) is 6.11. The Balaban J connectivity index is 2.35. The highest BCUT2D eigenvalue weighted by Gasteiger charge is 2.54. The lowest BCUT2D eigenvalue weighted by Crippen LogP contribution is -2.43. The molecule has 0 aliphatic carbocycles. The Morgan fingerprint density at radius 2 is 1.91 bits per heavy atom. The van der Waals surface area contributed by atoms with Crippen LogP contribution in [0.25, 0.3) is 0 Å². The van der Waals surface area contributed by atoms with Gasteiger partial charge in [0.05, 0.1) is 17.6 Å². The van der Waals surface area contributed by atoms with E-state index >= 15 is 0 Å². The third kappa shape index (κ3) is 4.16. The average Bonchev–Trinajstić information content (AvgIpc) is 2.76. The van der Waals surface area contributed by atoms with E-state index in [1.54, 1.807) is 13.0 Å². The maximum atomic E-state index is 12.7. The molecule has 1 aromatic rings. The molecule has 0 aromatic heterocycles. The number of alkyl halides is 3. The summed E-state index contributed by atoms with van der Waals surface area (Å²) in [6.07, 6.45) is -0.498. The minimum Gasteiger partial charge on any atom is -0.305 e. The van der Waals surface area contributed by atoms with Gasteiger partial charge in [-0.15, -0.1) is 0 Å². The van der Waals surface area contributed by atoms with Crippen LogP contribution in [0.1, 0.15) is 6.92 Å². The molecule has 2 rings (SSSR count). The molecule has 1 saturated heterocycles. The Morgan fingerprint density at radius 1 is 1.32 bits per heavy atom. The van der Waals surface area contributed by atoms with E-state index in [2.05, 4.69) is 4.72 Å². The van der Waals surface area contributed by atoms with Gasteiger partial charge in [-0.1, -0.05) is 53.0 Å². The maximum Gasteiger partial charge on any atom is 0.353 e. The molecule has 1 aliphatic heterocycles. The van der Waals surface area contributed by atoms with E-state index in [1.165, 1.54) is 24.3 Å². The monoisotopic (exact) mass is 407 g/mol. The zero-order valence-corrected chi connectivity index (χ0v) is 15.3. The van der Waals surface area contributed by atoms with Crippen LogP contribution in [0.3, 0.4) is 0 Å². The van der Waals surface area contributed by atoms with Crippen molar-refractivity contribution in [1.29, 1.82) is 0 Å². The van der Waals surface area contributed by atoms with Crippen LogP contribution in [0.4, 0.5) is 0 Å². The lowest BCUT2D eigenvalue weighted by Gasteiger charge is -2.28. The molecule has 0 spiro atoms. The third-order valence-electron chi connectivity index (χ3n) is 2.76. The van der Waals surface area contributed by atoms with Gasteiger partial charge in [-0.3, -0.25) is 4.57 Å². The molecule has 11 heteroatoms. The highest BCUT2D eigenvalue weighted by molar-refractivity contribution is 7.89. The summed E-state index contributed by atoms with van der Waals surface area (Å²) in [5.74, 6) is -1.67. The van der Waals surface area contributed by atoms with E-state index < -0.39 is 33.3 Å². The van der Waals surface area contributed by atoms with Crippen molar-refractivity contribution in [2.75, 3.05) is 6.61 Å². The average molecular weight is 409 g/mol. The highest BCUT2D eigenvalue weighted by Crippen LogP contribution is 2.62. The summed E-state index contributed by atoms with van der Waals surface area (Å²) in [6, 6.07) is 7.43. The predicted octanol–water partition coefficient (Wildman–Crippen LogP) is 3.29. The van der Waals surface area contributed by atoms with Crippen LogP contribution in [0.15, 0.2) is 35.2 Å². The van der Waals surface area contributed by atoms with Crippen LogP contribution in [-0.2, 0) is 23.6 Å². The van der Waals surface area contributed by atoms with Crippen molar-refractivity contribution < 1.29 is 22.0 Å². The Hall–Kier alpha value is 0.150. The largest absolute Gasteiger partial charge is 0.353 e. The van der Waals surface area contributed by atoms with Gasteiger partial charge in [-0.05, 0) is 19.1 Å². The fraction of sp³-hybridized carbons (Fsp3) is 0.455. The maximum absolute atomic E-state index is 12.7. The van der Waals surface area contributed by atoms with Crippen LogP contribution in [0.2, 0.25) is 0 Å². The van der Waals surface area contributed by atoms with Gasteiger partial charge in [0, 0.05) is 0 Å². The lowest BCUT2D eigenvalue weighted by molar-refractivity contribution is 0.254. The van der Waals surface area contributed by atoms with Crippen LogP contribution < -0.4 is 4.72 Å². The van der Waals surface area contributed by atoms with Gasteiger partial charge in [0.15, 0.2) is 5.78 Å². The minimum atomic E-state index is -4.07. The number of nitrogens with one attached hydrogen (secondary N) is 1. The predicted molar refractivity (Wildman–Crippen MR) is 84.9 cm³/mol. The Kier molecular flexibility index (Phi) is 5.52. The lowest BCUT2D eigenvalue weighted by atomic mass is 10.4. The topological polar surface area (TPSA) is 81.7 Å². The molecule has 124 valence electrons. The molecular weight excluding hydrogens is 396 g/mol. The molecule has 6 nitrogen and oxygen atoms in total. The number of hydrogen-bond donors (Lipinski definition) is 1. The quantitative estimate of drug-likeness (QED) is 0.611. The fourth-order valence-electron chi connectivity index (χ4n) is 1.78. The molecule has 0 radical (unpaired) electrons. The fourth-order valence-corrected chi connectivity index (χ4v) is 6.94.